The molecule has 4 rings (SSSR count). The molecule has 0 saturated heterocycles. The van der Waals surface area contributed by atoms with Gasteiger partial charge >= 0.3 is 0 Å². The van der Waals surface area contributed by atoms with Crippen molar-refractivity contribution in [3.05, 3.63) is 75.8 Å². The van der Waals surface area contributed by atoms with Gasteiger partial charge in [-0.3, -0.25) is 14.5 Å². The first kappa shape index (κ1) is 17.2. The van der Waals surface area contributed by atoms with E-state index in [-0.39, 0.29) is 12.1 Å². The summed E-state index contributed by atoms with van der Waals surface area (Å²) < 4.78 is 20.2. The lowest BCUT2D eigenvalue weighted by molar-refractivity contribution is 0.410. The number of H-pyrrole nitrogens is 1. The Kier molecular flexibility index (Phi) is 4.37. The molecular weight excluding hydrogens is 371 g/mol. The first-order valence-corrected chi connectivity index (χ1v) is 8.45. The second kappa shape index (κ2) is 6.85. The van der Waals surface area contributed by atoms with Gasteiger partial charge in [-0.05, 0) is 35.4 Å². The van der Waals surface area contributed by atoms with Crippen LogP contribution in [0.3, 0.4) is 0 Å². The van der Waals surface area contributed by atoms with Crippen molar-refractivity contribution in [2.75, 3.05) is 7.11 Å². The zero-order valence-corrected chi connectivity index (χ0v) is 15.0. The van der Waals surface area contributed by atoms with Crippen LogP contribution in [0.25, 0.3) is 22.0 Å². The number of methoxy groups -OCH3 is 1. The van der Waals surface area contributed by atoms with Crippen molar-refractivity contribution in [3.8, 4) is 16.9 Å². The quantitative estimate of drug-likeness (QED) is 0.583. The van der Waals surface area contributed by atoms with Crippen molar-refractivity contribution >= 4 is 22.5 Å². The molecule has 0 aliphatic rings. The fraction of sp³-hybridized carbons (Fsp3) is 0.105. The summed E-state index contributed by atoms with van der Waals surface area (Å²) in [7, 11) is 1.46. The molecule has 0 saturated carbocycles. The molecule has 0 fully saturated rings. The second-order valence-electron chi connectivity index (χ2n) is 6.01. The van der Waals surface area contributed by atoms with Gasteiger partial charge in [-0.1, -0.05) is 17.7 Å². The first-order valence-electron chi connectivity index (χ1n) is 8.07. The monoisotopic (exact) mass is 384 g/mol. The Hall–Kier alpha value is -3.19. The Morgan fingerprint density at radius 3 is 2.85 bits per heavy atom. The predicted molar refractivity (Wildman–Crippen MR) is 101 cm³/mol. The topological polar surface area (TPSA) is 72.8 Å². The summed E-state index contributed by atoms with van der Waals surface area (Å²) in [5, 5.41) is 7.44. The molecule has 0 aliphatic carbocycles. The molecule has 1 N–H and O–H groups in total. The highest BCUT2D eigenvalue weighted by atomic mass is 35.5. The predicted octanol–water partition coefficient (Wildman–Crippen LogP) is 3.64. The van der Waals surface area contributed by atoms with E-state index >= 15 is 0 Å². The molecule has 6 nitrogen and oxygen atoms in total. The van der Waals surface area contributed by atoms with Gasteiger partial charge in [0.05, 0.1) is 37.1 Å². The maximum absolute atomic E-state index is 13.7. The Morgan fingerprint density at radius 1 is 1.26 bits per heavy atom. The number of halogens is 2. The van der Waals surface area contributed by atoms with Crippen LogP contribution < -0.4 is 10.3 Å². The molecule has 0 atom stereocenters. The van der Waals surface area contributed by atoms with E-state index < -0.39 is 5.82 Å². The molecule has 0 radical (unpaired) electrons. The zero-order valence-electron chi connectivity index (χ0n) is 14.2. The second-order valence-corrected chi connectivity index (χ2v) is 6.38. The van der Waals surface area contributed by atoms with E-state index in [0.29, 0.717) is 27.4 Å². The van der Waals surface area contributed by atoms with Crippen LogP contribution >= 0.6 is 11.6 Å². The molecule has 8 heteroatoms. The number of ether oxygens (including phenoxy) is 1. The van der Waals surface area contributed by atoms with E-state index in [4.69, 9.17) is 16.3 Å². The van der Waals surface area contributed by atoms with Gasteiger partial charge in [-0.25, -0.2) is 9.37 Å². The molecule has 0 aliphatic heterocycles. The maximum atomic E-state index is 13.7. The third kappa shape index (κ3) is 3.29. The third-order valence-corrected chi connectivity index (χ3v) is 4.54. The zero-order chi connectivity index (χ0) is 19.0. The van der Waals surface area contributed by atoms with Crippen LogP contribution in [0.5, 0.6) is 5.75 Å². The summed E-state index contributed by atoms with van der Waals surface area (Å²) >= 11 is 6.06. The van der Waals surface area contributed by atoms with Crippen LogP contribution in [0.1, 0.15) is 5.56 Å². The minimum Gasteiger partial charge on any atom is -0.497 e. The summed E-state index contributed by atoms with van der Waals surface area (Å²) in [6.45, 7) is 0.186. The number of benzene rings is 2. The molecule has 2 aromatic carbocycles. The number of rotatable bonds is 4. The smallest absolute Gasteiger partial charge is 0.261 e. The summed E-state index contributed by atoms with van der Waals surface area (Å²) in [6.07, 6.45) is 3.06. The largest absolute Gasteiger partial charge is 0.497 e. The molecule has 0 unspecified atom stereocenters. The Bertz CT molecular complexity index is 1200. The molecule has 0 bridgehead atoms. The molecule has 136 valence electrons. The highest BCUT2D eigenvalue weighted by molar-refractivity contribution is 6.32. The third-order valence-electron chi connectivity index (χ3n) is 4.25. The lowest BCUT2D eigenvalue weighted by atomic mass is 10.1. The molecule has 4 aromatic rings. The van der Waals surface area contributed by atoms with Gasteiger partial charge < -0.3 is 4.74 Å². The van der Waals surface area contributed by atoms with Gasteiger partial charge in [0.25, 0.3) is 5.56 Å². The fourth-order valence-electron chi connectivity index (χ4n) is 2.94. The Balaban J connectivity index is 1.74. The highest BCUT2D eigenvalue weighted by Crippen LogP contribution is 2.27. The van der Waals surface area contributed by atoms with Gasteiger partial charge in [0, 0.05) is 11.6 Å². The number of hydrogen-bond acceptors (Lipinski definition) is 4. The Labute approximate surface area is 158 Å². The lowest BCUT2D eigenvalue weighted by Gasteiger charge is -2.09. The summed E-state index contributed by atoms with van der Waals surface area (Å²) in [6, 6.07) is 9.60. The van der Waals surface area contributed by atoms with E-state index in [1.54, 1.807) is 30.5 Å². The van der Waals surface area contributed by atoms with E-state index in [1.807, 2.05) is 0 Å². The highest BCUT2D eigenvalue weighted by Gasteiger charge is 2.10. The summed E-state index contributed by atoms with van der Waals surface area (Å²) in [5.41, 5.74) is 2.48. The van der Waals surface area contributed by atoms with Crippen molar-refractivity contribution in [1.29, 1.82) is 0 Å². The molecule has 27 heavy (non-hydrogen) atoms. The van der Waals surface area contributed by atoms with E-state index in [0.717, 1.165) is 11.1 Å². The van der Waals surface area contributed by atoms with Crippen LogP contribution in [0.15, 0.2) is 53.7 Å². The summed E-state index contributed by atoms with van der Waals surface area (Å²) in [4.78, 5) is 17.2. The normalized spacial score (nSPS) is 11.1. The van der Waals surface area contributed by atoms with Crippen molar-refractivity contribution in [3.63, 3.8) is 0 Å². The van der Waals surface area contributed by atoms with Crippen LogP contribution in [0, 0.1) is 5.82 Å². The first-order chi connectivity index (χ1) is 13.0. The van der Waals surface area contributed by atoms with E-state index in [1.165, 1.54) is 30.1 Å². The van der Waals surface area contributed by atoms with E-state index in [2.05, 4.69) is 15.2 Å². The van der Waals surface area contributed by atoms with Crippen molar-refractivity contribution in [1.82, 2.24) is 19.7 Å². The Morgan fingerprint density at radius 2 is 2.11 bits per heavy atom. The number of hydrogen-bond donors (Lipinski definition) is 1. The van der Waals surface area contributed by atoms with Crippen molar-refractivity contribution in [2.45, 2.75) is 6.54 Å². The fourth-order valence-corrected chi connectivity index (χ4v) is 3.14. The van der Waals surface area contributed by atoms with Gasteiger partial charge in [0.15, 0.2) is 0 Å². The van der Waals surface area contributed by atoms with Crippen LogP contribution in [0.4, 0.5) is 4.39 Å². The minimum atomic E-state index is -0.423. The molecular formula is C19H14ClFN4O2. The molecule has 0 amide bonds. The standard InChI is InChI=1S/C19H14ClFN4O2/c1-27-14-5-11(4-13(21)7-14)9-25-10-22-17-6-12(2-3-15(17)19(25)26)16-8-23-24-18(16)20/h2-8,10H,9H2,1H3,(H,23,24). The molecule has 0 spiro atoms. The van der Waals surface area contributed by atoms with E-state index in [9.17, 15) is 9.18 Å². The van der Waals surface area contributed by atoms with Crippen LogP contribution in [0.2, 0.25) is 5.15 Å². The number of nitrogens with zero attached hydrogens (tertiary/aromatic N) is 3. The average Bonchev–Trinajstić information content (AvgIpc) is 3.09. The average molecular weight is 385 g/mol. The van der Waals surface area contributed by atoms with Gasteiger partial charge in [-0.15, -0.1) is 0 Å². The molecule has 2 aromatic heterocycles. The van der Waals surface area contributed by atoms with Gasteiger partial charge in [0.1, 0.15) is 16.7 Å². The van der Waals surface area contributed by atoms with Crippen molar-refractivity contribution < 1.29 is 9.13 Å². The van der Waals surface area contributed by atoms with Gasteiger partial charge in [0.2, 0.25) is 0 Å². The molecule has 2 heterocycles. The number of fused-ring (bicyclic) bond motifs is 1. The SMILES string of the molecule is COc1cc(F)cc(Cn2cnc3cc(-c4cn[nH]c4Cl)ccc3c2=O)c1. The number of nitrogens with one attached hydrogen (secondary N) is 1. The lowest BCUT2D eigenvalue weighted by Crippen LogP contribution is -2.21. The van der Waals surface area contributed by atoms with Crippen LogP contribution in [-0.4, -0.2) is 26.9 Å². The maximum Gasteiger partial charge on any atom is 0.261 e. The minimum absolute atomic E-state index is 0.186. The number of aromatic nitrogens is 4. The number of aromatic amines is 1. The summed E-state index contributed by atoms with van der Waals surface area (Å²) in [5.74, 6) is -0.0267. The van der Waals surface area contributed by atoms with Crippen LogP contribution in [-0.2, 0) is 6.54 Å². The van der Waals surface area contributed by atoms with Crippen molar-refractivity contribution in [2.24, 2.45) is 0 Å². The van der Waals surface area contributed by atoms with Gasteiger partial charge in [-0.2, -0.15) is 5.10 Å².